The van der Waals surface area contributed by atoms with Gasteiger partial charge in [-0.3, -0.25) is 4.79 Å². The van der Waals surface area contributed by atoms with Crippen molar-refractivity contribution in [1.82, 2.24) is 4.90 Å². The lowest BCUT2D eigenvalue weighted by molar-refractivity contribution is -0.0888. The van der Waals surface area contributed by atoms with Crippen LogP contribution in [0.25, 0.3) is 0 Å². The molecule has 0 aromatic heterocycles. The Labute approximate surface area is 175 Å². The molecule has 2 atom stereocenters. The Morgan fingerprint density at radius 3 is 2.34 bits per heavy atom. The number of esters is 1. The van der Waals surface area contributed by atoms with Gasteiger partial charge < -0.3 is 9.64 Å². The highest BCUT2D eigenvalue weighted by atomic mass is 35.5. The highest BCUT2D eigenvalue weighted by Crippen LogP contribution is 2.50. The first-order valence-electron chi connectivity index (χ1n) is 8.41. The minimum Gasteiger partial charge on any atom is -0.465 e. The van der Waals surface area contributed by atoms with Gasteiger partial charge in [0.2, 0.25) is 5.78 Å². The summed E-state index contributed by atoms with van der Waals surface area (Å²) in [4.78, 5) is 22.9. The van der Waals surface area contributed by atoms with Gasteiger partial charge in [0.15, 0.2) is 5.00 Å². The zero-order chi connectivity index (χ0) is 21.8. The molecule has 1 aromatic rings. The van der Waals surface area contributed by atoms with Crippen LogP contribution in [0.4, 0.5) is 13.2 Å². The van der Waals surface area contributed by atoms with Crippen LogP contribution >= 0.6 is 23.2 Å². The highest BCUT2D eigenvalue weighted by molar-refractivity contribution is 6.40. The van der Waals surface area contributed by atoms with Crippen LogP contribution in [-0.2, 0) is 4.74 Å². The number of carbonyl (C=O) groups is 2. The van der Waals surface area contributed by atoms with E-state index in [2.05, 4.69) is 4.74 Å². The number of Topliss-reactive ketones (excluding diaryl/α,β-unsaturated/α-hetero) is 1. The zero-order valence-electron chi connectivity index (χ0n) is 15.6. The number of likely N-dealkylation sites (N-methyl/N-ethyl adjacent to an activating group) is 1. The van der Waals surface area contributed by atoms with E-state index in [9.17, 15) is 22.8 Å². The Hall–Kier alpha value is -2.25. The normalized spacial score (nSPS) is 26.3. The maximum absolute atomic E-state index is 13.3. The molecule has 0 saturated carbocycles. The van der Waals surface area contributed by atoms with Gasteiger partial charge in [-0.1, -0.05) is 23.7 Å². The molecule has 29 heavy (non-hydrogen) atoms. The number of carbonyl (C=O) groups excluding carboxylic acids is 2. The Balaban J connectivity index is 2.06. The number of hydrogen-bond donors (Lipinski definition) is 0. The molecule has 2 aliphatic rings. The first-order chi connectivity index (χ1) is 13.3. The molecule has 1 aliphatic carbocycles. The van der Waals surface area contributed by atoms with E-state index in [0.29, 0.717) is 5.57 Å². The van der Waals surface area contributed by atoms with Crippen LogP contribution in [0.2, 0.25) is 0 Å². The number of hydrogen-bond acceptors (Lipinski definition) is 4. The Kier molecular flexibility index (Phi) is 5.12. The lowest BCUT2D eigenvalue weighted by atomic mass is 9.89. The predicted molar refractivity (Wildman–Crippen MR) is 103 cm³/mol. The average molecular weight is 446 g/mol. The van der Waals surface area contributed by atoms with E-state index in [4.69, 9.17) is 23.2 Å². The number of ether oxygens (including phenoxy) is 1. The molecule has 0 radical (unpaired) electrons. The van der Waals surface area contributed by atoms with Crippen molar-refractivity contribution in [3.05, 3.63) is 70.5 Å². The molecule has 1 aliphatic heterocycles. The van der Waals surface area contributed by atoms with E-state index in [1.54, 1.807) is 0 Å². The summed E-state index contributed by atoms with van der Waals surface area (Å²) in [6.07, 6.45) is -1.45. The van der Waals surface area contributed by atoms with Gasteiger partial charge in [-0.2, -0.15) is 13.2 Å². The molecule has 0 spiro atoms. The quantitative estimate of drug-likeness (QED) is 0.289. The summed E-state index contributed by atoms with van der Waals surface area (Å²) in [6.45, 7) is 1.40. The molecule has 1 aromatic carbocycles. The molecule has 1 heterocycles. The van der Waals surface area contributed by atoms with Gasteiger partial charge in [0.25, 0.3) is 0 Å². The summed E-state index contributed by atoms with van der Waals surface area (Å²) in [5.74, 6) is -1.25. The van der Waals surface area contributed by atoms with Gasteiger partial charge in [0.05, 0.1) is 23.1 Å². The van der Waals surface area contributed by atoms with E-state index in [0.717, 1.165) is 12.2 Å². The van der Waals surface area contributed by atoms with Gasteiger partial charge in [0.1, 0.15) is 0 Å². The number of nitrogens with zero attached hydrogens (tertiary/aromatic N) is 1. The first kappa shape index (κ1) is 21.5. The van der Waals surface area contributed by atoms with Crippen molar-refractivity contribution in [3.63, 3.8) is 0 Å². The number of methoxy groups -OCH3 is 1. The number of allylic oxidation sites excluding steroid dienone is 4. The van der Waals surface area contributed by atoms with Crippen LogP contribution in [0.3, 0.4) is 0 Å². The monoisotopic (exact) mass is 445 g/mol. The summed E-state index contributed by atoms with van der Waals surface area (Å²) < 4.78 is 44.5. The molecule has 4 nitrogen and oxygen atoms in total. The summed E-state index contributed by atoms with van der Waals surface area (Å²) in [6, 6.07) is 5.74. The number of rotatable bonds is 3. The van der Waals surface area contributed by atoms with Crippen LogP contribution in [0.15, 0.2) is 59.3 Å². The van der Waals surface area contributed by atoms with Crippen LogP contribution in [0.5, 0.6) is 0 Å². The third-order valence-electron chi connectivity index (χ3n) is 4.90. The van der Waals surface area contributed by atoms with Crippen molar-refractivity contribution in [2.45, 2.75) is 23.0 Å². The largest absolute Gasteiger partial charge is 0.465 e. The molecule has 154 valence electrons. The van der Waals surface area contributed by atoms with Crippen LogP contribution in [-0.4, -0.2) is 46.9 Å². The third-order valence-corrected chi connectivity index (χ3v) is 5.75. The second-order valence-corrected chi connectivity index (χ2v) is 8.26. The summed E-state index contributed by atoms with van der Waals surface area (Å²) in [5.41, 5.74) is -0.278. The number of alkyl halides is 5. The fraction of sp³-hybridized carbons (Fsp3) is 0.300. The fourth-order valence-corrected chi connectivity index (χ4v) is 3.91. The maximum atomic E-state index is 13.3. The standard InChI is InChI=1S/C20H16Cl2F3NO3/c1-18(21)9-13(20(23,24)25)8-15-14(18)10-19(22,26(15)2)16(27)11-5-4-6-12(7-11)17(28)29-3/h4-10H,1-3H3. The number of benzene rings is 1. The molecule has 0 fully saturated rings. The molecule has 0 amide bonds. The van der Waals surface area contributed by atoms with Crippen molar-refractivity contribution in [3.8, 4) is 0 Å². The van der Waals surface area contributed by atoms with Crippen molar-refractivity contribution in [1.29, 1.82) is 0 Å². The van der Waals surface area contributed by atoms with E-state index < -0.39 is 33.4 Å². The molecular formula is C20H16Cl2F3NO3. The summed E-state index contributed by atoms with van der Waals surface area (Å²) in [5, 5.41) is 0. The van der Waals surface area contributed by atoms with E-state index in [-0.39, 0.29) is 16.8 Å². The van der Waals surface area contributed by atoms with Crippen molar-refractivity contribution in [2.75, 3.05) is 14.2 Å². The second kappa shape index (κ2) is 6.92. The molecule has 0 N–H and O–H groups in total. The number of fused-ring (bicyclic) bond motifs is 1. The van der Waals surface area contributed by atoms with Crippen molar-refractivity contribution >= 4 is 35.0 Å². The average Bonchev–Trinajstić information content (AvgIpc) is 2.92. The fourth-order valence-electron chi connectivity index (χ4n) is 3.33. The second-order valence-electron chi connectivity index (χ2n) is 6.89. The van der Waals surface area contributed by atoms with Crippen molar-refractivity contribution in [2.24, 2.45) is 0 Å². The van der Waals surface area contributed by atoms with Gasteiger partial charge in [0, 0.05) is 23.9 Å². The molecule has 0 saturated heterocycles. The topological polar surface area (TPSA) is 46.6 Å². The molecule has 9 heteroatoms. The van der Waals surface area contributed by atoms with Gasteiger partial charge in [-0.15, -0.1) is 11.6 Å². The van der Waals surface area contributed by atoms with Crippen LogP contribution in [0.1, 0.15) is 27.6 Å². The maximum Gasteiger partial charge on any atom is 0.416 e. The number of ketones is 1. The zero-order valence-corrected chi connectivity index (χ0v) is 17.1. The molecule has 2 unspecified atom stereocenters. The smallest absolute Gasteiger partial charge is 0.416 e. The molecule has 3 rings (SSSR count). The van der Waals surface area contributed by atoms with Gasteiger partial charge >= 0.3 is 12.1 Å². The van der Waals surface area contributed by atoms with E-state index in [1.807, 2.05) is 0 Å². The van der Waals surface area contributed by atoms with Crippen LogP contribution < -0.4 is 0 Å². The first-order valence-corrected chi connectivity index (χ1v) is 9.17. The van der Waals surface area contributed by atoms with Gasteiger partial charge in [-0.25, -0.2) is 4.79 Å². The third kappa shape index (κ3) is 3.57. The summed E-state index contributed by atoms with van der Waals surface area (Å²) in [7, 11) is 2.62. The predicted octanol–water partition coefficient (Wildman–Crippen LogP) is 4.85. The van der Waals surface area contributed by atoms with Crippen molar-refractivity contribution < 1.29 is 27.5 Å². The Morgan fingerprint density at radius 2 is 1.76 bits per heavy atom. The van der Waals surface area contributed by atoms with Crippen LogP contribution in [0, 0.1) is 0 Å². The van der Waals surface area contributed by atoms with E-state index >= 15 is 0 Å². The lowest BCUT2D eigenvalue weighted by Gasteiger charge is -2.33. The van der Waals surface area contributed by atoms with E-state index in [1.165, 1.54) is 56.3 Å². The molecule has 0 bridgehead atoms. The number of halogens is 5. The molecular weight excluding hydrogens is 430 g/mol. The minimum absolute atomic E-state index is 0.102. The highest BCUT2D eigenvalue weighted by Gasteiger charge is 2.51. The Bertz CT molecular complexity index is 995. The van der Waals surface area contributed by atoms with Gasteiger partial charge in [-0.05, 0) is 37.3 Å². The summed E-state index contributed by atoms with van der Waals surface area (Å²) >= 11 is 13.0. The minimum atomic E-state index is -4.61. The Morgan fingerprint density at radius 1 is 1.14 bits per heavy atom. The SMILES string of the molecule is COC(=O)c1cccc(C(=O)C2(Cl)C=C3C(=CC(C(F)(F)F)=CC3(C)Cl)N2C)c1. The lowest BCUT2D eigenvalue weighted by Crippen LogP contribution is -2.43.